The Kier molecular flexibility index (Phi) is 5.22. The van der Waals surface area contributed by atoms with Gasteiger partial charge in [-0.05, 0) is 36.4 Å². The van der Waals surface area contributed by atoms with Crippen LogP contribution in [0.4, 0.5) is 0 Å². The highest BCUT2D eigenvalue weighted by Crippen LogP contribution is 2.29. The second-order valence-corrected chi connectivity index (χ2v) is 6.01. The molecule has 1 heterocycles. The third kappa shape index (κ3) is 4.29. The molecule has 0 bridgehead atoms. The molecule has 1 aromatic heterocycles. The first-order valence-corrected chi connectivity index (χ1v) is 8.10. The number of aromatic nitrogens is 1. The predicted octanol–water partition coefficient (Wildman–Crippen LogP) is 5.63. The zero-order valence-corrected chi connectivity index (χ0v) is 14.7. The molecule has 0 aliphatic heterocycles. The summed E-state index contributed by atoms with van der Waals surface area (Å²) >= 11 is 12.0. The lowest BCUT2D eigenvalue weighted by Gasteiger charge is -2.08. The molecule has 0 aliphatic carbocycles. The maximum absolute atomic E-state index is 11.7. The summed E-state index contributed by atoms with van der Waals surface area (Å²) in [6.07, 6.45) is 0. The SMILES string of the molecule is COC(=O)c1cccc(-c2cccc(Oc3cc(Cl)cc(Cl)c3)n2)c1. The lowest BCUT2D eigenvalue weighted by Crippen LogP contribution is -2.01. The van der Waals surface area contributed by atoms with Crippen molar-refractivity contribution in [1.29, 1.82) is 0 Å². The molecule has 0 unspecified atom stereocenters. The van der Waals surface area contributed by atoms with Crippen molar-refractivity contribution in [3.63, 3.8) is 0 Å². The molecule has 0 amide bonds. The van der Waals surface area contributed by atoms with E-state index in [-0.39, 0.29) is 0 Å². The molecule has 0 aliphatic rings. The van der Waals surface area contributed by atoms with Crippen molar-refractivity contribution in [3.8, 4) is 22.9 Å². The van der Waals surface area contributed by atoms with E-state index in [0.717, 1.165) is 5.56 Å². The van der Waals surface area contributed by atoms with Gasteiger partial charge < -0.3 is 9.47 Å². The second kappa shape index (κ2) is 7.55. The molecule has 0 N–H and O–H groups in total. The van der Waals surface area contributed by atoms with Crippen LogP contribution in [0.25, 0.3) is 11.3 Å². The van der Waals surface area contributed by atoms with Gasteiger partial charge in [0.1, 0.15) is 5.75 Å². The smallest absolute Gasteiger partial charge is 0.337 e. The number of benzene rings is 2. The molecule has 3 rings (SSSR count). The van der Waals surface area contributed by atoms with Gasteiger partial charge in [-0.3, -0.25) is 0 Å². The number of nitrogens with zero attached hydrogens (tertiary/aromatic N) is 1. The number of pyridine rings is 1. The normalized spacial score (nSPS) is 10.4. The Labute approximate surface area is 154 Å². The number of carbonyl (C=O) groups is 1. The van der Waals surface area contributed by atoms with Crippen molar-refractivity contribution < 1.29 is 14.3 Å². The second-order valence-electron chi connectivity index (χ2n) is 5.14. The highest BCUT2D eigenvalue weighted by atomic mass is 35.5. The van der Waals surface area contributed by atoms with Gasteiger partial charge in [0.15, 0.2) is 0 Å². The van der Waals surface area contributed by atoms with Gasteiger partial charge in [0.2, 0.25) is 5.88 Å². The maximum atomic E-state index is 11.7. The minimum absolute atomic E-state index is 0.388. The quantitative estimate of drug-likeness (QED) is 0.555. The zero-order chi connectivity index (χ0) is 17.8. The van der Waals surface area contributed by atoms with Crippen LogP contribution in [0.15, 0.2) is 60.7 Å². The topological polar surface area (TPSA) is 48.4 Å². The van der Waals surface area contributed by atoms with Gasteiger partial charge in [0.05, 0.1) is 18.4 Å². The van der Waals surface area contributed by atoms with Crippen molar-refractivity contribution in [2.75, 3.05) is 7.11 Å². The minimum Gasteiger partial charge on any atom is -0.465 e. The fourth-order valence-corrected chi connectivity index (χ4v) is 2.77. The van der Waals surface area contributed by atoms with Crippen LogP contribution in [-0.2, 0) is 4.74 Å². The van der Waals surface area contributed by atoms with E-state index in [2.05, 4.69) is 4.98 Å². The Morgan fingerprint density at radius 2 is 1.68 bits per heavy atom. The Morgan fingerprint density at radius 3 is 2.40 bits per heavy atom. The van der Waals surface area contributed by atoms with Crippen LogP contribution in [0.1, 0.15) is 10.4 Å². The molecule has 0 radical (unpaired) electrons. The van der Waals surface area contributed by atoms with E-state index in [4.69, 9.17) is 32.7 Å². The van der Waals surface area contributed by atoms with Crippen molar-refractivity contribution in [2.24, 2.45) is 0 Å². The van der Waals surface area contributed by atoms with Crippen molar-refractivity contribution in [2.45, 2.75) is 0 Å². The summed E-state index contributed by atoms with van der Waals surface area (Å²) in [7, 11) is 1.35. The number of methoxy groups -OCH3 is 1. The van der Waals surface area contributed by atoms with E-state index in [1.165, 1.54) is 7.11 Å². The Balaban J connectivity index is 1.90. The van der Waals surface area contributed by atoms with Gasteiger partial charge in [-0.25, -0.2) is 9.78 Å². The number of hydrogen-bond donors (Lipinski definition) is 0. The van der Waals surface area contributed by atoms with Gasteiger partial charge in [0.25, 0.3) is 0 Å². The number of ether oxygens (including phenoxy) is 2. The molecule has 126 valence electrons. The van der Waals surface area contributed by atoms with Crippen LogP contribution >= 0.6 is 23.2 Å². The highest BCUT2D eigenvalue weighted by Gasteiger charge is 2.09. The summed E-state index contributed by atoms with van der Waals surface area (Å²) in [5, 5.41) is 0.953. The number of rotatable bonds is 4. The van der Waals surface area contributed by atoms with Gasteiger partial charge in [0, 0.05) is 21.7 Å². The van der Waals surface area contributed by atoms with E-state index in [0.29, 0.717) is 32.9 Å². The summed E-state index contributed by atoms with van der Waals surface area (Å²) in [4.78, 5) is 16.1. The molecule has 3 aromatic rings. The summed E-state index contributed by atoms with van der Waals surface area (Å²) in [5.74, 6) is 0.479. The van der Waals surface area contributed by atoms with Crippen LogP contribution < -0.4 is 4.74 Å². The fourth-order valence-electron chi connectivity index (χ4n) is 2.26. The summed E-state index contributed by atoms with van der Waals surface area (Å²) < 4.78 is 10.5. The Bertz CT molecular complexity index is 908. The van der Waals surface area contributed by atoms with Gasteiger partial charge in [-0.1, -0.05) is 41.4 Å². The monoisotopic (exact) mass is 373 g/mol. The average molecular weight is 374 g/mol. The Morgan fingerprint density at radius 1 is 0.960 bits per heavy atom. The zero-order valence-electron chi connectivity index (χ0n) is 13.2. The van der Waals surface area contributed by atoms with E-state index in [1.54, 1.807) is 42.5 Å². The van der Waals surface area contributed by atoms with Crippen LogP contribution in [0.2, 0.25) is 10.0 Å². The van der Waals surface area contributed by atoms with Crippen LogP contribution in [0.5, 0.6) is 11.6 Å². The molecule has 2 aromatic carbocycles. The number of halogens is 2. The van der Waals surface area contributed by atoms with Crippen LogP contribution in [0, 0.1) is 0 Å². The van der Waals surface area contributed by atoms with Crippen LogP contribution in [0.3, 0.4) is 0 Å². The standard InChI is InChI=1S/C19H13Cl2NO3/c1-24-19(23)13-5-2-4-12(8-13)17-6-3-7-18(22-17)25-16-10-14(20)9-15(21)11-16/h2-11H,1H3. The lowest BCUT2D eigenvalue weighted by atomic mass is 10.1. The van der Waals surface area contributed by atoms with E-state index in [9.17, 15) is 4.79 Å². The van der Waals surface area contributed by atoms with E-state index < -0.39 is 5.97 Å². The molecule has 0 saturated carbocycles. The molecule has 0 fully saturated rings. The van der Waals surface area contributed by atoms with Gasteiger partial charge in [-0.2, -0.15) is 0 Å². The van der Waals surface area contributed by atoms with Crippen molar-refractivity contribution in [3.05, 3.63) is 76.3 Å². The molecule has 0 spiro atoms. The summed E-state index contributed by atoms with van der Waals surface area (Å²) in [5.41, 5.74) is 1.89. The lowest BCUT2D eigenvalue weighted by molar-refractivity contribution is 0.0601. The molecule has 6 heteroatoms. The largest absolute Gasteiger partial charge is 0.465 e. The number of hydrogen-bond acceptors (Lipinski definition) is 4. The molecular formula is C19H13Cl2NO3. The third-order valence-electron chi connectivity index (χ3n) is 3.36. The first kappa shape index (κ1) is 17.3. The minimum atomic E-state index is -0.400. The van der Waals surface area contributed by atoms with Crippen molar-refractivity contribution in [1.82, 2.24) is 4.98 Å². The third-order valence-corrected chi connectivity index (χ3v) is 3.80. The predicted molar refractivity (Wildman–Crippen MR) is 97.5 cm³/mol. The fraction of sp³-hybridized carbons (Fsp3) is 0.0526. The molecular weight excluding hydrogens is 361 g/mol. The summed E-state index contributed by atoms with van der Waals surface area (Å²) in [6.45, 7) is 0. The average Bonchev–Trinajstić information content (AvgIpc) is 2.60. The maximum Gasteiger partial charge on any atom is 0.337 e. The van der Waals surface area contributed by atoms with Gasteiger partial charge in [-0.15, -0.1) is 0 Å². The first-order chi connectivity index (χ1) is 12.0. The molecule has 4 nitrogen and oxygen atoms in total. The molecule has 25 heavy (non-hydrogen) atoms. The molecule has 0 atom stereocenters. The van der Waals surface area contributed by atoms with Crippen LogP contribution in [-0.4, -0.2) is 18.1 Å². The number of carbonyl (C=O) groups excluding carboxylic acids is 1. The Hall–Kier alpha value is -2.56. The van der Waals surface area contributed by atoms with Crippen molar-refractivity contribution >= 4 is 29.2 Å². The number of esters is 1. The van der Waals surface area contributed by atoms with E-state index in [1.807, 2.05) is 18.2 Å². The molecule has 0 saturated heterocycles. The summed E-state index contributed by atoms with van der Waals surface area (Å²) in [6, 6.07) is 17.3. The highest BCUT2D eigenvalue weighted by molar-refractivity contribution is 6.34. The van der Waals surface area contributed by atoms with Gasteiger partial charge >= 0.3 is 5.97 Å². The van der Waals surface area contributed by atoms with E-state index >= 15 is 0 Å². The first-order valence-electron chi connectivity index (χ1n) is 7.35.